The van der Waals surface area contributed by atoms with E-state index in [0.717, 1.165) is 22.8 Å². The molecule has 2 rings (SSSR count). The van der Waals surface area contributed by atoms with E-state index in [-0.39, 0.29) is 5.02 Å². The zero-order valence-electron chi connectivity index (χ0n) is 10.7. The van der Waals surface area contributed by atoms with E-state index in [9.17, 15) is 4.39 Å². The van der Waals surface area contributed by atoms with Gasteiger partial charge in [-0.05, 0) is 54.4 Å². The number of nitrogens with two attached hydrogens (primary N) is 1. The molecule has 0 aliphatic rings. The Hall–Kier alpha value is -1.43. The van der Waals surface area contributed by atoms with Crippen molar-refractivity contribution in [1.29, 1.82) is 0 Å². The molecule has 0 fully saturated rings. The van der Waals surface area contributed by atoms with Gasteiger partial charge in [-0.2, -0.15) is 0 Å². The van der Waals surface area contributed by atoms with Gasteiger partial charge in [-0.1, -0.05) is 11.6 Å². The van der Waals surface area contributed by atoms with Gasteiger partial charge < -0.3 is 10.6 Å². The lowest BCUT2D eigenvalue weighted by Gasteiger charge is -2.09. The minimum atomic E-state index is -0.409. The van der Waals surface area contributed by atoms with Crippen molar-refractivity contribution < 1.29 is 4.39 Å². The molecule has 4 N–H and O–H groups in total. The smallest absolute Gasteiger partial charge is 0.141 e. The van der Waals surface area contributed by atoms with E-state index >= 15 is 0 Å². The van der Waals surface area contributed by atoms with Crippen LogP contribution in [0.5, 0.6) is 0 Å². The number of halogens is 2. The molecule has 6 heteroatoms. The van der Waals surface area contributed by atoms with Gasteiger partial charge in [-0.15, -0.1) is 0 Å². The fourth-order valence-corrected chi connectivity index (χ4v) is 2.14. The van der Waals surface area contributed by atoms with Crippen molar-refractivity contribution in [2.24, 2.45) is 5.14 Å². The Morgan fingerprint density at radius 3 is 2.20 bits per heavy atom. The number of hydrogen-bond acceptors (Lipinski definition) is 4. The highest BCUT2D eigenvalue weighted by Crippen LogP contribution is 2.19. The molecule has 0 aliphatic heterocycles. The molecule has 0 saturated heterocycles. The highest BCUT2D eigenvalue weighted by molar-refractivity contribution is 7.97. The number of hydrogen-bond donors (Lipinski definition) is 3. The molecule has 0 amide bonds. The van der Waals surface area contributed by atoms with Gasteiger partial charge in [0.05, 0.1) is 5.02 Å². The number of benzene rings is 2. The first kappa shape index (κ1) is 15.0. The van der Waals surface area contributed by atoms with Crippen LogP contribution in [0.3, 0.4) is 0 Å². The summed E-state index contributed by atoms with van der Waals surface area (Å²) in [6, 6.07) is 12.5. The molecule has 0 aromatic heterocycles. The van der Waals surface area contributed by atoms with E-state index in [1.165, 1.54) is 18.0 Å². The predicted molar refractivity (Wildman–Crippen MR) is 84.9 cm³/mol. The Labute approximate surface area is 126 Å². The summed E-state index contributed by atoms with van der Waals surface area (Å²) in [4.78, 5) is 1.02. The van der Waals surface area contributed by atoms with Crippen LogP contribution < -0.4 is 15.8 Å². The molecule has 3 nitrogen and oxygen atoms in total. The Balaban J connectivity index is 1.76. The quantitative estimate of drug-likeness (QED) is 0.558. The molecular formula is C14H15ClFN3S. The number of rotatable bonds is 6. The summed E-state index contributed by atoms with van der Waals surface area (Å²) in [6.45, 7) is 1.44. The standard InChI is InChI=1S/C14H15ClFN3S/c15-13-9-11(3-6-14(13)16)19-8-7-18-10-1-4-12(20-17)5-2-10/h1-6,9,18-19H,7-8,17H2. The third kappa shape index (κ3) is 4.30. The molecule has 20 heavy (non-hydrogen) atoms. The van der Waals surface area contributed by atoms with Gasteiger partial charge in [0.1, 0.15) is 5.82 Å². The molecule has 0 bridgehead atoms. The van der Waals surface area contributed by atoms with E-state index in [1.54, 1.807) is 12.1 Å². The van der Waals surface area contributed by atoms with Gasteiger partial charge >= 0.3 is 0 Å². The summed E-state index contributed by atoms with van der Waals surface area (Å²) in [7, 11) is 0. The molecule has 0 spiro atoms. The number of anilines is 2. The Morgan fingerprint density at radius 1 is 1.00 bits per heavy atom. The maximum Gasteiger partial charge on any atom is 0.141 e. The molecule has 0 atom stereocenters. The summed E-state index contributed by atoms with van der Waals surface area (Å²) in [6.07, 6.45) is 0. The average molecular weight is 312 g/mol. The first-order valence-electron chi connectivity index (χ1n) is 6.08. The van der Waals surface area contributed by atoms with Crippen molar-refractivity contribution in [2.45, 2.75) is 4.90 Å². The van der Waals surface area contributed by atoms with Crippen LogP contribution in [0.2, 0.25) is 5.02 Å². The largest absolute Gasteiger partial charge is 0.383 e. The lowest BCUT2D eigenvalue weighted by molar-refractivity contribution is 0.628. The van der Waals surface area contributed by atoms with Gasteiger partial charge in [0.25, 0.3) is 0 Å². The van der Waals surface area contributed by atoms with Crippen molar-refractivity contribution >= 4 is 34.9 Å². The minimum Gasteiger partial charge on any atom is -0.383 e. The Bertz CT molecular complexity index is 563. The zero-order valence-corrected chi connectivity index (χ0v) is 12.3. The van der Waals surface area contributed by atoms with E-state index in [2.05, 4.69) is 10.6 Å². The van der Waals surface area contributed by atoms with E-state index in [0.29, 0.717) is 6.54 Å². The molecule has 0 saturated carbocycles. The van der Waals surface area contributed by atoms with Gasteiger partial charge in [0.15, 0.2) is 0 Å². The third-order valence-corrected chi connectivity index (χ3v) is 3.53. The van der Waals surface area contributed by atoms with Gasteiger partial charge in [0.2, 0.25) is 0 Å². The average Bonchev–Trinajstić information content (AvgIpc) is 2.48. The molecule has 106 valence electrons. The van der Waals surface area contributed by atoms with Crippen molar-refractivity contribution in [3.05, 3.63) is 53.3 Å². The Morgan fingerprint density at radius 2 is 1.60 bits per heavy atom. The predicted octanol–water partition coefficient (Wildman–Crippen LogP) is 3.97. The van der Waals surface area contributed by atoms with E-state index in [4.69, 9.17) is 16.7 Å². The van der Waals surface area contributed by atoms with Crippen LogP contribution in [0.25, 0.3) is 0 Å². The molecule has 0 heterocycles. The topological polar surface area (TPSA) is 50.1 Å². The van der Waals surface area contributed by atoms with E-state index in [1.807, 2.05) is 24.3 Å². The van der Waals surface area contributed by atoms with Crippen LogP contribution in [-0.4, -0.2) is 13.1 Å². The fourth-order valence-electron chi connectivity index (χ4n) is 1.67. The van der Waals surface area contributed by atoms with Crippen molar-refractivity contribution in [3.8, 4) is 0 Å². The second-order valence-corrected chi connectivity index (χ2v) is 5.24. The highest BCUT2D eigenvalue weighted by Gasteiger charge is 2.00. The summed E-state index contributed by atoms with van der Waals surface area (Å²) >= 11 is 6.93. The van der Waals surface area contributed by atoms with Crippen LogP contribution in [0, 0.1) is 5.82 Å². The summed E-state index contributed by atoms with van der Waals surface area (Å²) in [5.41, 5.74) is 1.83. The normalized spacial score (nSPS) is 10.3. The fraction of sp³-hybridized carbons (Fsp3) is 0.143. The first-order chi connectivity index (χ1) is 9.69. The molecule has 0 unspecified atom stereocenters. The maximum atomic E-state index is 13.0. The molecule has 2 aromatic rings. The van der Waals surface area contributed by atoms with Crippen molar-refractivity contribution in [1.82, 2.24) is 0 Å². The summed E-state index contributed by atoms with van der Waals surface area (Å²) in [5.74, 6) is -0.409. The highest BCUT2D eigenvalue weighted by atomic mass is 35.5. The van der Waals surface area contributed by atoms with Crippen molar-refractivity contribution in [2.75, 3.05) is 23.7 Å². The monoisotopic (exact) mass is 311 g/mol. The maximum absolute atomic E-state index is 13.0. The second kappa shape index (κ2) is 7.38. The molecule has 2 aromatic carbocycles. The lowest BCUT2D eigenvalue weighted by atomic mass is 10.3. The van der Waals surface area contributed by atoms with Gasteiger partial charge in [-0.3, -0.25) is 5.14 Å². The molecule has 0 radical (unpaired) electrons. The lowest BCUT2D eigenvalue weighted by Crippen LogP contribution is -2.13. The minimum absolute atomic E-state index is 0.123. The number of nitrogens with one attached hydrogen (secondary N) is 2. The zero-order chi connectivity index (χ0) is 14.4. The third-order valence-electron chi connectivity index (χ3n) is 2.69. The van der Waals surface area contributed by atoms with Crippen LogP contribution in [0.1, 0.15) is 0 Å². The van der Waals surface area contributed by atoms with Gasteiger partial charge in [-0.25, -0.2) is 4.39 Å². The van der Waals surface area contributed by atoms with Crippen LogP contribution in [-0.2, 0) is 0 Å². The Kier molecular flexibility index (Phi) is 5.52. The molecular weight excluding hydrogens is 297 g/mol. The summed E-state index contributed by atoms with van der Waals surface area (Å²) in [5, 5.41) is 12.0. The second-order valence-electron chi connectivity index (χ2n) is 4.12. The molecule has 0 aliphatic carbocycles. The first-order valence-corrected chi connectivity index (χ1v) is 7.34. The van der Waals surface area contributed by atoms with E-state index < -0.39 is 5.82 Å². The SMILES string of the molecule is NSc1ccc(NCCNc2ccc(F)c(Cl)c2)cc1. The van der Waals surface area contributed by atoms with Crippen LogP contribution in [0.15, 0.2) is 47.4 Å². The summed E-state index contributed by atoms with van der Waals surface area (Å²) < 4.78 is 13.0. The van der Waals surface area contributed by atoms with Gasteiger partial charge in [0, 0.05) is 29.4 Å². The van der Waals surface area contributed by atoms with Crippen LogP contribution in [0.4, 0.5) is 15.8 Å². The van der Waals surface area contributed by atoms with Crippen LogP contribution >= 0.6 is 23.5 Å². The van der Waals surface area contributed by atoms with Crippen molar-refractivity contribution in [3.63, 3.8) is 0 Å².